The lowest BCUT2D eigenvalue weighted by Crippen LogP contribution is -2.43. The van der Waals surface area contributed by atoms with E-state index in [0.29, 0.717) is 12.1 Å². The normalized spacial score (nSPS) is 16.1. The number of hydrogen-bond donors (Lipinski definition) is 1. The minimum absolute atomic E-state index is 0.0436. The molecular formula is C24H18F6N2O5S. The molecule has 3 aromatic rings. The van der Waals surface area contributed by atoms with E-state index in [-0.39, 0.29) is 35.5 Å². The fourth-order valence-electron chi connectivity index (χ4n) is 3.86. The van der Waals surface area contributed by atoms with Crippen molar-refractivity contribution in [3.63, 3.8) is 0 Å². The summed E-state index contributed by atoms with van der Waals surface area (Å²) in [5.74, 6) is -1.21. The molecule has 1 aliphatic rings. The molecule has 38 heavy (non-hydrogen) atoms. The number of nitrogens with zero attached hydrogens (tertiary/aromatic N) is 2. The fraction of sp³-hybridized carbons (Fsp3) is 0.250. The molecule has 2 aromatic carbocycles. The van der Waals surface area contributed by atoms with Gasteiger partial charge in [0.1, 0.15) is 11.9 Å². The highest BCUT2D eigenvalue weighted by atomic mass is 32.2. The van der Waals surface area contributed by atoms with E-state index in [1.54, 1.807) is 0 Å². The predicted molar refractivity (Wildman–Crippen MR) is 122 cm³/mol. The van der Waals surface area contributed by atoms with Gasteiger partial charge in [-0.25, -0.2) is 8.42 Å². The number of aliphatic carboxylic acids is 1. The second kappa shape index (κ2) is 9.82. The molecule has 14 heteroatoms. The molecule has 0 spiro atoms. The third-order valence-corrected chi connectivity index (χ3v) is 7.48. The summed E-state index contributed by atoms with van der Waals surface area (Å²) in [6.07, 6.45) is -9.99. The number of carbonyl (C=O) groups is 1. The number of hydrogen-bond acceptors (Lipinski definition) is 5. The van der Waals surface area contributed by atoms with E-state index in [9.17, 15) is 39.6 Å². The van der Waals surface area contributed by atoms with E-state index in [4.69, 9.17) is 9.84 Å². The van der Waals surface area contributed by atoms with E-state index >= 15 is 0 Å². The highest BCUT2D eigenvalue weighted by Crippen LogP contribution is 2.41. The number of carboxylic acid groups (broad SMARTS) is 1. The van der Waals surface area contributed by atoms with Crippen LogP contribution in [0.15, 0.2) is 65.7 Å². The quantitative estimate of drug-likeness (QED) is 0.394. The van der Waals surface area contributed by atoms with Crippen LogP contribution in [0.25, 0.3) is 11.3 Å². The minimum Gasteiger partial charge on any atom is -0.486 e. The molecule has 202 valence electrons. The SMILES string of the molecule is O=C(O)CCC1CN(S(=O)(=O)c2cccc(C(F)(F)F)c2)c2cc(-c3cc(C(F)(F)F)ccn3)ccc2O1. The monoisotopic (exact) mass is 560 g/mol. The van der Waals surface area contributed by atoms with Crippen molar-refractivity contribution in [1.82, 2.24) is 4.98 Å². The summed E-state index contributed by atoms with van der Waals surface area (Å²) < 4.78 is 113. The van der Waals surface area contributed by atoms with E-state index in [1.807, 2.05) is 0 Å². The Morgan fingerprint density at radius 3 is 2.34 bits per heavy atom. The first-order chi connectivity index (χ1) is 17.7. The van der Waals surface area contributed by atoms with Crippen LogP contribution in [-0.2, 0) is 27.2 Å². The highest BCUT2D eigenvalue weighted by molar-refractivity contribution is 7.92. The number of rotatable bonds is 6. The summed E-state index contributed by atoms with van der Waals surface area (Å²) in [6.45, 7) is -0.446. The molecule has 1 aliphatic heterocycles. The number of benzene rings is 2. The summed E-state index contributed by atoms with van der Waals surface area (Å²) in [5, 5.41) is 9.01. The zero-order valence-corrected chi connectivity index (χ0v) is 19.9. The topological polar surface area (TPSA) is 96.8 Å². The third-order valence-electron chi connectivity index (χ3n) is 5.70. The Hall–Kier alpha value is -3.81. The maximum Gasteiger partial charge on any atom is 0.416 e. The highest BCUT2D eigenvalue weighted by Gasteiger charge is 2.37. The molecule has 0 saturated carbocycles. The van der Waals surface area contributed by atoms with Crippen molar-refractivity contribution in [2.24, 2.45) is 0 Å². The van der Waals surface area contributed by atoms with Crippen LogP contribution in [0.3, 0.4) is 0 Å². The largest absolute Gasteiger partial charge is 0.486 e. The summed E-state index contributed by atoms with van der Waals surface area (Å²) in [6, 6.07) is 8.45. The Balaban J connectivity index is 1.82. The van der Waals surface area contributed by atoms with Crippen molar-refractivity contribution in [2.75, 3.05) is 10.8 Å². The molecule has 0 aliphatic carbocycles. The summed E-state index contributed by atoms with van der Waals surface area (Å²) in [5.41, 5.74) is -2.38. The lowest BCUT2D eigenvalue weighted by atomic mass is 10.1. The lowest BCUT2D eigenvalue weighted by molar-refractivity contribution is -0.138. The van der Waals surface area contributed by atoms with Gasteiger partial charge in [0.2, 0.25) is 0 Å². The number of aromatic nitrogens is 1. The summed E-state index contributed by atoms with van der Waals surface area (Å²) in [7, 11) is -4.65. The van der Waals surface area contributed by atoms with Crippen molar-refractivity contribution in [3.8, 4) is 17.0 Å². The number of fused-ring (bicyclic) bond motifs is 1. The Morgan fingerprint density at radius 2 is 1.68 bits per heavy atom. The van der Waals surface area contributed by atoms with Gasteiger partial charge in [0, 0.05) is 18.2 Å². The first-order valence-corrected chi connectivity index (χ1v) is 12.4. The van der Waals surface area contributed by atoms with Crippen LogP contribution < -0.4 is 9.04 Å². The first kappa shape index (κ1) is 27.2. The minimum atomic E-state index is -4.82. The van der Waals surface area contributed by atoms with Gasteiger partial charge >= 0.3 is 18.3 Å². The number of anilines is 1. The van der Waals surface area contributed by atoms with Crippen LogP contribution in [0.5, 0.6) is 5.75 Å². The van der Waals surface area contributed by atoms with Gasteiger partial charge in [-0.1, -0.05) is 6.07 Å². The Kier molecular flexibility index (Phi) is 7.03. The Labute approximate surface area is 212 Å². The van der Waals surface area contributed by atoms with Crippen LogP contribution >= 0.6 is 0 Å². The van der Waals surface area contributed by atoms with Crippen LogP contribution in [0.4, 0.5) is 32.0 Å². The zero-order chi connectivity index (χ0) is 27.9. The third kappa shape index (κ3) is 5.69. The molecule has 0 bridgehead atoms. The summed E-state index contributed by atoms with van der Waals surface area (Å²) in [4.78, 5) is 14.3. The molecule has 4 rings (SSSR count). The first-order valence-electron chi connectivity index (χ1n) is 10.9. The average molecular weight is 560 g/mol. The average Bonchev–Trinajstić information content (AvgIpc) is 2.85. The van der Waals surface area contributed by atoms with E-state index in [0.717, 1.165) is 34.8 Å². The van der Waals surface area contributed by atoms with Crippen LogP contribution in [0.2, 0.25) is 0 Å². The van der Waals surface area contributed by atoms with E-state index < -0.39 is 57.0 Å². The molecule has 1 aromatic heterocycles. The van der Waals surface area contributed by atoms with Crippen molar-refractivity contribution in [2.45, 2.75) is 36.2 Å². The van der Waals surface area contributed by atoms with Gasteiger partial charge in [-0.3, -0.25) is 14.1 Å². The molecule has 0 fully saturated rings. The molecule has 0 saturated heterocycles. The summed E-state index contributed by atoms with van der Waals surface area (Å²) >= 11 is 0. The van der Waals surface area contributed by atoms with Gasteiger partial charge in [0.25, 0.3) is 10.0 Å². The van der Waals surface area contributed by atoms with Gasteiger partial charge in [-0.15, -0.1) is 0 Å². The zero-order valence-electron chi connectivity index (χ0n) is 19.1. The fourth-order valence-corrected chi connectivity index (χ4v) is 5.40. The van der Waals surface area contributed by atoms with Crippen molar-refractivity contribution in [1.29, 1.82) is 0 Å². The number of carboxylic acids is 1. The number of halogens is 6. The molecule has 0 amide bonds. The maximum atomic E-state index is 13.6. The van der Waals surface area contributed by atoms with E-state index in [1.165, 1.54) is 18.2 Å². The van der Waals surface area contributed by atoms with Gasteiger partial charge in [0.05, 0.1) is 33.9 Å². The predicted octanol–water partition coefficient (Wildman–Crippen LogP) is 5.61. The van der Waals surface area contributed by atoms with Gasteiger partial charge in [0.15, 0.2) is 0 Å². The molecule has 1 unspecified atom stereocenters. The molecule has 1 N–H and O–H groups in total. The van der Waals surface area contributed by atoms with Crippen LogP contribution in [-0.4, -0.2) is 37.1 Å². The Bertz CT molecular complexity index is 1470. The van der Waals surface area contributed by atoms with Crippen LogP contribution in [0, 0.1) is 0 Å². The number of pyridine rings is 1. The van der Waals surface area contributed by atoms with Crippen molar-refractivity contribution < 1.29 is 49.4 Å². The standard InChI is InChI=1S/C24H18F6N2O5S/c25-23(26,27)15-2-1-3-18(11-15)38(35,36)32-13-17(5-7-22(33)34)37-21-6-4-14(10-20(21)32)19-12-16(8-9-31-19)24(28,29)30/h1-4,6,8-12,17H,5,7,13H2,(H,33,34). The molecular weight excluding hydrogens is 542 g/mol. The molecule has 7 nitrogen and oxygen atoms in total. The Morgan fingerprint density at radius 1 is 1.00 bits per heavy atom. The molecule has 2 heterocycles. The van der Waals surface area contributed by atoms with E-state index in [2.05, 4.69) is 4.98 Å². The van der Waals surface area contributed by atoms with Crippen molar-refractivity contribution >= 4 is 21.7 Å². The van der Waals surface area contributed by atoms with Gasteiger partial charge in [-0.2, -0.15) is 26.3 Å². The van der Waals surface area contributed by atoms with Crippen molar-refractivity contribution in [3.05, 3.63) is 71.9 Å². The van der Waals surface area contributed by atoms with Gasteiger partial charge < -0.3 is 9.84 Å². The number of sulfonamides is 1. The van der Waals surface area contributed by atoms with Crippen LogP contribution in [0.1, 0.15) is 24.0 Å². The number of ether oxygens (including phenoxy) is 1. The smallest absolute Gasteiger partial charge is 0.416 e. The molecule has 0 radical (unpaired) electrons. The molecule has 1 atom stereocenters. The second-order valence-electron chi connectivity index (χ2n) is 8.34. The number of alkyl halides is 6. The lowest BCUT2D eigenvalue weighted by Gasteiger charge is -2.35. The maximum absolute atomic E-state index is 13.6. The second-order valence-corrected chi connectivity index (χ2v) is 10.2. The van der Waals surface area contributed by atoms with Gasteiger partial charge in [-0.05, 0) is 55.0 Å².